The zero-order chi connectivity index (χ0) is 13.4. The summed E-state index contributed by atoms with van der Waals surface area (Å²) < 4.78 is 10.2. The maximum atomic E-state index is 11.1. The van der Waals surface area contributed by atoms with Gasteiger partial charge in [-0.05, 0) is 12.8 Å². The van der Waals surface area contributed by atoms with Gasteiger partial charge in [-0.1, -0.05) is 0 Å². The van der Waals surface area contributed by atoms with Gasteiger partial charge in [0.25, 0.3) is 0 Å². The molecule has 1 atom stereocenters. The number of methoxy groups -OCH3 is 1. The van der Waals surface area contributed by atoms with Crippen LogP contribution in [0, 0.1) is 0 Å². The van der Waals surface area contributed by atoms with Crippen molar-refractivity contribution >= 4 is 11.9 Å². The summed E-state index contributed by atoms with van der Waals surface area (Å²) in [7, 11) is 1.37. The highest BCUT2D eigenvalue weighted by atomic mass is 16.5. The van der Waals surface area contributed by atoms with E-state index in [9.17, 15) is 9.59 Å². The Balaban J connectivity index is 2.34. The van der Waals surface area contributed by atoms with E-state index in [4.69, 9.17) is 10.5 Å². The lowest BCUT2D eigenvalue weighted by atomic mass is 10.2. The average Bonchev–Trinajstić information content (AvgIpc) is 2.84. The third kappa shape index (κ3) is 5.97. The number of nitrogens with zero attached hydrogens (tertiary/aromatic N) is 1. The number of esters is 1. The largest absolute Gasteiger partial charge is 0.469 e. The molecule has 0 aromatic carbocycles. The van der Waals surface area contributed by atoms with Crippen molar-refractivity contribution < 1.29 is 19.1 Å². The lowest BCUT2D eigenvalue weighted by Crippen LogP contribution is -2.36. The highest BCUT2D eigenvalue weighted by Crippen LogP contribution is 2.13. The number of carbonyl (C=O) groups excluding carboxylic acids is 2. The summed E-state index contributed by atoms with van der Waals surface area (Å²) >= 11 is 0. The summed E-state index contributed by atoms with van der Waals surface area (Å²) in [6.07, 6.45) is 2.93. The second-order valence-corrected chi connectivity index (χ2v) is 4.48. The predicted molar refractivity (Wildman–Crippen MR) is 65.9 cm³/mol. The summed E-state index contributed by atoms with van der Waals surface area (Å²) in [5, 5.41) is 0. The van der Waals surface area contributed by atoms with Crippen LogP contribution in [-0.4, -0.2) is 56.2 Å². The topological polar surface area (TPSA) is 81.9 Å². The molecule has 1 rings (SSSR count). The van der Waals surface area contributed by atoms with E-state index in [1.807, 2.05) is 4.90 Å². The molecule has 0 bridgehead atoms. The van der Waals surface area contributed by atoms with Gasteiger partial charge in [-0.2, -0.15) is 0 Å². The van der Waals surface area contributed by atoms with Gasteiger partial charge in [0, 0.05) is 32.7 Å². The maximum Gasteiger partial charge on any atom is 0.306 e. The van der Waals surface area contributed by atoms with Gasteiger partial charge in [-0.15, -0.1) is 0 Å². The van der Waals surface area contributed by atoms with Gasteiger partial charge in [-0.25, -0.2) is 0 Å². The molecule has 1 heterocycles. The van der Waals surface area contributed by atoms with Gasteiger partial charge in [0.2, 0.25) is 5.91 Å². The first-order valence-corrected chi connectivity index (χ1v) is 6.31. The Morgan fingerprint density at radius 2 is 2.11 bits per heavy atom. The summed E-state index contributed by atoms with van der Waals surface area (Å²) in [6, 6.07) is 0. The molecule has 1 unspecified atom stereocenters. The molecule has 18 heavy (non-hydrogen) atoms. The average molecular weight is 258 g/mol. The minimum absolute atomic E-state index is 0.204. The molecule has 0 radical (unpaired) electrons. The minimum atomic E-state index is -0.328. The Kier molecular flexibility index (Phi) is 6.67. The quantitative estimate of drug-likeness (QED) is 0.615. The zero-order valence-corrected chi connectivity index (χ0v) is 10.9. The Labute approximate surface area is 107 Å². The van der Waals surface area contributed by atoms with Crippen LogP contribution in [0.15, 0.2) is 0 Å². The van der Waals surface area contributed by atoms with E-state index in [0.717, 1.165) is 26.0 Å². The number of hydrogen-bond acceptors (Lipinski definition) is 5. The molecule has 0 aromatic rings. The van der Waals surface area contributed by atoms with Crippen molar-refractivity contribution in [1.29, 1.82) is 0 Å². The van der Waals surface area contributed by atoms with Crippen molar-refractivity contribution in [2.75, 3.05) is 33.4 Å². The molecule has 6 nitrogen and oxygen atoms in total. The van der Waals surface area contributed by atoms with Crippen LogP contribution in [0.25, 0.3) is 0 Å². The van der Waals surface area contributed by atoms with Gasteiger partial charge in [0.05, 0.1) is 19.6 Å². The van der Waals surface area contributed by atoms with E-state index in [-0.39, 0.29) is 18.0 Å². The molecule has 2 N–H and O–H groups in total. The van der Waals surface area contributed by atoms with Gasteiger partial charge in [0.15, 0.2) is 0 Å². The Morgan fingerprint density at radius 1 is 1.39 bits per heavy atom. The summed E-state index contributed by atoms with van der Waals surface area (Å²) in [4.78, 5) is 24.0. The highest BCUT2D eigenvalue weighted by molar-refractivity contribution is 5.73. The number of rotatable bonds is 8. The van der Waals surface area contributed by atoms with Crippen molar-refractivity contribution in [2.45, 2.75) is 31.8 Å². The first-order valence-electron chi connectivity index (χ1n) is 6.31. The summed E-state index contributed by atoms with van der Waals surface area (Å²) in [5.41, 5.74) is 5.14. The SMILES string of the molecule is COC(=O)CCN(CCC(N)=O)CC1CCCO1. The van der Waals surface area contributed by atoms with Gasteiger partial charge < -0.3 is 15.2 Å². The Morgan fingerprint density at radius 3 is 2.67 bits per heavy atom. The fraction of sp³-hybridized carbons (Fsp3) is 0.833. The van der Waals surface area contributed by atoms with E-state index in [1.165, 1.54) is 7.11 Å². The molecule has 1 fully saturated rings. The number of amides is 1. The van der Waals surface area contributed by atoms with Crippen LogP contribution in [0.5, 0.6) is 0 Å². The molecular weight excluding hydrogens is 236 g/mol. The number of nitrogens with two attached hydrogens (primary N) is 1. The van der Waals surface area contributed by atoms with Gasteiger partial charge in [0.1, 0.15) is 0 Å². The van der Waals surface area contributed by atoms with Crippen LogP contribution >= 0.6 is 0 Å². The van der Waals surface area contributed by atoms with E-state index in [2.05, 4.69) is 4.74 Å². The van der Waals surface area contributed by atoms with Crippen LogP contribution in [0.1, 0.15) is 25.7 Å². The Bertz CT molecular complexity index is 277. The number of ether oxygens (including phenoxy) is 2. The van der Waals surface area contributed by atoms with E-state index in [0.29, 0.717) is 25.9 Å². The molecule has 6 heteroatoms. The first kappa shape index (κ1) is 14.9. The third-order valence-electron chi connectivity index (χ3n) is 3.02. The molecule has 1 amide bonds. The lowest BCUT2D eigenvalue weighted by molar-refractivity contribution is -0.141. The molecule has 0 saturated carbocycles. The zero-order valence-electron chi connectivity index (χ0n) is 10.9. The van der Waals surface area contributed by atoms with E-state index in [1.54, 1.807) is 0 Å². The van der Waals surface area contributed by atoms with Crippen molar-refractivity contribution in [3.63, 3.8) is 0 Å². The Hall–Kier alpha value is -1.14. The number of primary amides is 1. The van der Waals surface area contributed by atoms with E-state index < -0.39 is 0 Å². The minimum Gasteiger partial charge on any atom is -0.469 e. The maximum absolute atomic E-state index is 11.1. The number of carbonyl (C=O) groups is 2. The third-order valence-corrected chi connectivity index (χ3v) is 3.02. The van der Waals surface area contributed by atoms with E-state index >= 15 is 0 Å². The fourth-order valence-electron chi connectivity index (χ4n) is 1.99. The lowest BCUT2D eigenvalue weighted by Gasteiger charge is -2.24. The molecule has 0 aliphatic carbocycles. The van der Waals surface area contributed by atoms with Gasteiger partial charge in [-0.3, -0.25) is 14.5 Å². The van der Waals surface area contributed by atoms with Crippen molar-refractivity contribution in [1.82, 2.24) is 4.90 Å². The van der Waals surface area contributed by atoms with Crippen LogP contribution in [0.2, 0.25) is 0 Å². The first-order chi connectivity index (χ1) is 8.61. The van der Waals surface area contributed by atoms with Crippen molar-refractivity contribution in [3.8, 4) is 0 Å². The molecule has 0 spiro atoms. The summed E-state index contributed by atoms with van der Waals surface area (Å²) in [6.45, 7) is 2.67. The molecule has 1 aliphatic rings. The highest BCUT2D eigenvalue weighted by Gasteiger charge is 2.20. The molecule has 104 valence electrons. The van der Waals surface area contributed by atoms with Crippen molar-refractivity contribution in [3.05, 3.63) is 0 Å². The van der Waals surface area contributed by atoms with Crippen molar-refractivity contribution in [2.24, 2.45) is 5.73 Å². The van der Waals surface area contributed by atoms with Crippen LogP contribution in [-0.2, 0) is 19.1 Å². The second-order valence-electron chi connectivity index (χ2n) is 4.48. The standard InChI is InChI=1S/C12H22N2O4/c1-17-12(16)5-7-14(6-4-11(13)15)9-10-3-2-8-18-10/h10H,2-9H2,1H3,(H2,13,15). The monoisotopic (exact) mass is 258 g/mol. The van der Waals surface area contributed by atoms with Crippen LogP contribution in [0.3, 0.4) is 0 Å². The van der Waals surface area contributed by atoms with Crippen LogP contribution < -0.4 is 5.73 Å². The molecule has 1 aliphatic heterocycles. The second kappa shape index (κ2) is 8.05. The van der Waals surface area contributed by atoms with Crippen LogP contribution in [0.4, 0.5) is 0 Å². The normalized spacial score (nSPS) is 19.1. The smallest absolute Gasteiger partial charge is 0.306 e. The predicted octanol–water partition coefficient (Wildman–Crippen LogP) is -0.0941. The number of hydrogen-bond donors (Lipinski definition) is 1. The molecule has 1 saturated heterocycles. The molecule has 0 aromatic heterocycles. The fourth-order valence-corrected chi connectivity index (χ4v) is 1.99. The molecular formula is C12H22N2O4. The van der Waals surface area contributed by atoms with Gasteiger partial charge >= 0.3 is 5.97 Å². The summed E-state index contributed by atoms with van der Waals surface area (Å²) in [5.74, 6) is -0.572.